The van der Waals surface area contributed by atoms with E-state index in [9.17, 15) is 9.59 Å². The van der Waals surface area contributed by atoms with Gasteiger partial charge < -0.3 is 9.47 Å². The van der Waals surface area contributed by atoms with Gasteiger partial charge in [0, 0.05) is 9.90 Å². The van der Waals surface area contributed by atoms with E-state index in [0.717, 1.165) is 10.4 Å². The highest BCUT2D eigenvalue weighted by atomic mass is 35.5. The minimum Gasteiger partial charge on any atom is -0.465 e. The van der Waals surface area contributed by atoms with Gasteiger partial charge >= 0.3 is 12.1 Å². The highest BCUT2D eigenvalue weighted by molar-refractivity contribution is 7.20. The maximum atomic E-state index is 11.9. The SMILES string of the molecule is C=CCOC(=O)Nc1sc(-c2cccc(Cl)c2)cc1C(=O)OC. The molecule has 5 nitrogen and oxygen atoms in total. The van der Waals surface area contributed by atoms with Crippen LogP contribution in [0.15, 0.2) is 43.0 Å². The average molecular weight is 352 g/mol. The zero-order chi connectivity index (χ0) is 16.8. The molecular weight excluding hydrogens is 338 g/mol. The second kappa shape index (κ2) is 7.80. The molecule has 0 aliphatic rings. The molecule has 0 atom stereocenters. The number of methoxy groups -OCH3 is 1. The fourth-order valence-corrected chi connectivity index (χ4v) is 3.01. The first-order valence-corrected chi connectivity index (χ1v) is 7.77. The molecule has 0 aliphatic heterocycles. The van der Waals surface area contributed by atoms with Gasteiger partial charge in [0.05, 0.1) is 12.7 Å². The summed E-state index contributed by atoms with van der Waals surface area (Å²) in [5, 5.41) is 3.47. The Balaban J connectivity index is 2.34. The Kier molecular flexibility index (Phi) is 5.78. The smallest absolute Gasteiger partial charge is 0.412 e. The van der Waals surface area contributed by atoms with E-state index in [1.807, 2.05) is 6.07 Å². The standard InChI is InChI=1S/C16H14ClNO4S/c1-3-7-22-16(20)18-14-12(15(19)21-2)9-13(23-14)10-5-4-6-11(17)8-10/h3-6,8-9H,1,7H2,2H3,(H,18,20). The fourth-order valence-electron chi connectivity index (χ4n) is 1.79. The minimum atomic E-state index is -0.672. The van der Waals surface area contributed by atoms with Crippen LogP contribution in [0.5, 0.6) is 0 Å². The van der Waals surface area contributed by atoms with Crippen molar-refractivity contribution < 1.29 is 19.1 Å². The van der Waals surface area contributed by atoms with Gasteiger partial charge in [-0.3, -0.25) is 5.32 Å². The van der Waals surface area contributed by atoms with Crippen molar-refractivity contribution in [3.8, 4) is 10.4 Å². The predicted molar refractivity (Wildman–Crippen MR) is 91.3 cm³/mol. The van der Waals surface area contributed by atoms with Crippen molar-refractivity contribution >= 4 is 40.0 Å². The van der Waals surface area contributed by atoms with Crippen LogP contribution in [-0.4, -0.2) is 25.8 Å². The van der Waals surface area contributed by atoms with Gasteiger partial charge in [0.15, 0.2) is 0 Å². The molecule has 2 rings (SSSR count). The molecule has 0 saturated carbocycles. The molecule has 0 aliphatic carbocycles. The summed E-state index contributed by atoms with van der Waals surface area (Å²) < 4.78 is 9.61. The molecule has 0 radical (unpaired) electrons. The number of benzene rings is 1. The number of nitrogens with one attached hydrogen (secondary N) is 1. The van der Waals surface area contributed by atoms with Crippen LogP contribution in [0.25, 0.3) is 10.4 Å². The summed E-state index contributed by atoms with van der Waals surface area (Å²) in [5.41, 5.74) is 1.09. The molecule has 1 amide bonds. The van der Waals surface area contributed by atoms with Gasteiger partial charge in [0.1, 0.15) is 11.6 Å². The third-order valence-corrected chi connectivity index (χ3v) is 4.13. The average Bonchev–Trinajstić information content (AvgIpc) is 2.96. The lowest BCUT2D eigenvalue weighted by atomic mass is 10.1. The van der Waals surface area contributed by atoms with Crippen molar-refractivity contribution in [3.05, 3.63) is 53.6 Å². The van der Waals surface area contributed by atoms with Gasteiger partial charge in [-0.2, -0.15) is 0 Å². The topological polar surface area (TPSA) is 64.6 Å². The number of amides is 1. The van der Waals surface area contributed by atoms with E-state index in [1.54, 1.807) is 24.3 Å². The molecule has 0 bridgehead atoms. The maximum absolute atomic E-state index is 11.9. The molecule has 0 spiro atoms. The van der Waals surface area contributed by atoms with Crippen LogP contribution in [0.4, 0.5) is 9.80 Å². The highest BCUT2D eigenvalue weighted by Crippen LogP contribution is 2.36. The number of hydrogen-bond donors (Lipinski definition) is 1. The lowest BCUT2D eigenvalue weighted by Crippen LogP contribution is -2.15. The Morgan fingerprint density at radius 2 is 2.17 bits per heavy atom. The van der Waals surface area contributed by atoms with Gasteiger partial charge in [0.2, 0.25) is 0 Å². The molecular formula is C16H14ClNO4S. The number of rotatable bonds is 5. The lowest BCUT2D eigenvalue weighted by Gasteiger charge is -2.04. The number of carbonyl (C=O) groups is 2. The first-order chi connectivity index (χ1) is 11.0. The summed E-state index contributed by atoms with van der Waals surface area (Å²) in [6, 6.07) is 8.84. The zero-order valence-corrected chi connectivity index (χ0v) is 13.9. The summed E-state index contributed by atoms with van der Waals surface area (Å²) in [4.78, 5) is 24.3. The molecule has 0 fully saturated rings. The van der Waals surface area contributed by atoms with Crippen molar-refractivity contribution in [1.29, 1.82) is 0 Å². The van der Waals surface area contributed by atoms with Gasteiger partial charge in [0.25, 0.3) is 0 Å². The molecule has 7 heteroatoms. The molecule has 1 aromatic carbocycles. The van der Waals surface area contributed by atoms with Crippen LogP contribution in [0.3, 0.4) is 0 Å². The summed E-state index contributed by atoms with van der Waals surface area (Å²) in [6.07, 6.45) is 0.779. The van der Waals surface area contributed by atoms with Crippen LogP contribution >= 0.6 is 22.9 Å². The lowest BCUT2D eigenvalue weighted by molar-refractivity contribution is 0.0602. The quantitative estimate of drug-likeness (QED) is 0.632. The summed E-state index contributed by atoms with van der Waals surface area (Å²) in [6.45, 7) is 3.54. The molecule has 2 aromatic rings. The molecule has 1 N–H and O–H groups in total. The summed E-state index contributed by atoms with van der Waals surface area (Å²) in [5.74, 6) is -0.548. The van der Waals surface area contributed by atoms with Gasteiger partial charge in [-0.15, -0.1) is 11.3 Å². The third kappa shape index (κ3) is 4.34. The number of anilines is 1. The largest absolute Gasteiger partial charge is 0.465 e. The van der Waals surface area contributed by atoms with Crippen molar-refractivity contribution in [2.75, 3.05) is 19.0 Å². The monoisotopic (exact) mass is 351 g/mol. The first kappa shape index (κ1) is 17.1. The van der Waals surface area contributed by atoms with E-state index in [-0.39, 0.29) is 12.2 Å². The third-order valence-electron chi connectivity index (χ3n) is 2.79. The van der Waals surface area contributed by atoms with Crippen molar-refractivity contribution in [2.24, 2.45) is 0 Å². The Morgan fingerprint density at radius 1 is 1.39 bits per heavy atom. The summed E-state index contributed by atoms with van der Waals surface area (Å²) >= 11 is 7.22. The Labute approximate surface area is 142 Å². The fraction of sp³-hybridized carbons (Fsp3) is 0.125. The summed E-state index contributed by atoms with van der Waals surface area (Å²) in [7, 11) is 1.28. The molecule has 0 saturated heterocycles. The van der Waals surface area contributed by atoms with Crippen LogP contribution in [0.2, 0.25) is 5.02 Å². The van der Waals surface area contributed by atoms with E-state index in [4.69, 9.17) is 21.1 Å². The van der Waals surface area contributed by atoms with Crippen molar-refractivity contribution in [3.63, 3.8) is 0 Å². The van der Waals surface area contributed by atoms with E-state index in [0.29, 0.717) is 10.0 Å². The second-order valence-corrected chi connectivity index (χ2v) is 5.86. The number of halogens is 1. The first-order valence-electron chi connectivity index (χ1n) is 6.58. The van der Waals surface area contributed by atoms with Gasteiger partial charge in [-0.1, -0.05) is 36.4 Å². The molecule has 1 heterocycles. The van der Waals surface area contributed by atoms with Crippen LogP contribution < -0.4 is 5.32 Å². The van der Waals surface area contributed by atoms with Crippen LogP contribution in [0, 0.1) is 0 Å². The molecule has 0 unspecified atom stereocenters. The minimum absolute atomic E-state index is 0.0753. The number of thiophene rings is 1. The van der Waals surface area contributed by atoms with Gasteiger partial charge in [-0.05, 0) is 23.8 Å². The van der Waals surface area contributed by atoms with E-state index < -0.39 is 12.1 Å². The van der Waals surface area contributed by atoms with Crippen molar-refractivity contribution in [1.82, 2.24) is 0 Å². The Bertz CT molecular complexity index is 741. The van der Waals surface area contributed by atoms with Crippen molar-refractivity contribution in [2.45, 2.75) is 0 Å². The van der Waals surface area contributed by atoms with Crippen LogP contribution in [0.1, 0.15) is 10.4 Å². The Hall–Kier alpha value is -2.31. The number of ether oxygens (including phenoxy) is 2. The van der Waals surface area contributed by atoms with Gasteiger partial charge in [-0.25, -0.2) is 9.59 Å². The predicted octanol–water partition coefficient (Wildman–Crippen LogP) is 4.59. The number of esters is 1. The maximum Gasteiger partial charge on any atom is 0.412 e. The molecule has 120 valence electrons. The number of carbonyl (C=O) groups excluding carboxylic acids is 2. The second-order valence-electron chi connectivity index (χ2n) is 4.37. The van der Waals surface area contributed by atoms with E-state index in [1.165, 1.54) is 24.5 Å². The highest BCUT2D eigenvalue weighted by Gasteiger charge is 2.19. The van der Waals surface area contributed by atoms with E-state index >= 15 is 0 Å². The normalized spacial score (nSPS) is 10.0. The van der Waals surface area contributed by atoms with Crippen LogP contribution in [-0.2, 0) is 9.47 Å². The molecule has 23 heavy (non-hydrogen) atoms. The molecule has 1 aromatic heterocycles. The van der Waals surface area contributed by atoms with E-state index in [2.05, 4.69) is 11.9 Å². The number of hydrogen-bond acceptors (Lipinski definition) is 5. The zero-order valence-electron chi connectivity index (χ0n) is 12.3. The Morgan fingerprint density at radius 3 is 2.83 bits per heavy atom.